The van der Waals surface area contributed by atoms with E-state index in [1.54, 1.807) is 24.3 Å². The number of rotatable bonds is 6. The van der Waals surface area contributed by atoms with Gasteiger partial charge in [0.1, 0.15) is 11.6 Å². The molecular formula is C28H28Cl2F2N2S. The van der Waals surface area contributed by atoms with E-state index >= 15 is 0 Å². The molecule has 1 atom stereocenters. The highest BCUT2D eigenvalue weighted by molar-refractivity contribution is 7.98. The molecule has 4 rings (SSSR count). The van der Waals surface area contributed by atoms with Crippen LogP contribution in [0.2, 0.25) is 5.02 Å². The number of thioether (sulfide) groups is 1. The van der Waals surface area contributed by atoms with E-state index in [2.05, 4.69) is 32.9 Å². The normalized spacial score (nSPS) is 18.4. The van der Waals surface area contributed by atoms with Crippen LogP contribution < -0.4 is 0 Å². The fourth-order valence-electron chi connectivity index (χ4n) is 4.45. The van der Waals surface area contributed by atoms with Crippen molar-refractivity contribution in [2.75, 3.05) is 0 Å². The van der Waals surface area contributed by atoms with Crippen molar-refractivity contribution in [3.63, 3.8) is 0 Å². The molecule has 0 saturated carbocycles. The van der Waals surface area contributed by atoms with Crippen LogP contribution in [0.15, 0.2) is 70.9 Å². The van der Waals surface area contributed by atoms with Crippen LogP contribution in [0.4, 0.5) is 8.78 Å². The highest BCUT2D eigenvalue weighted by Crippen LogP contribution is 2.44. The summed E-state index contributed by atoms with van der Waals surface area (Å²) in [6.07, 6.45) is 5.07. The summed E-state index contributed by atoms with van der Waals surface area (Å²) in [7, 11) is 0. The molecule has 2 nitrogen and oxygen atoms in total. The Morgan fingerprint density at radius 3 is 2.43 bits per heavy atom. The van der Waals surface area contributed by atoms with Crippen LogP contribution >= 0.6 is 35.0 Å². The Morgan fingerprint density at radius 1 is 1.11 bits per heavy atom. The summed E-state index contributed by atoms with van der Waals surface area (Å²) in [5, 5.41) is 1.07. The highest BCUT2D eigenvalue weighted by Gasteiger charge is 2.36. The van der Waals surface area contributed by atoms with Crippen molar-refractivity contribution in [1.29, 1.82) is 0 Å². The lowest BCUT2D eigenvalue weighted by Crippen LogP contribution is -2.29. The van der Waals surface area contributed by atoms with Crippen LogP contribution in [0.25, 0.3) is 5.69 Å². The first-order valence-corrected chi connectivity index (χ1v) is 13.2. The van der Waals surface area contributed by atoms with E-state index in [-0.39, 0.29) is 11.6 Å². The van der Waals surface area contributed by atoms with Gasteiger partial charge in [-0.15, -0.1) is 11.6 Å². The van der Waals surface area contributed by atoms with Crippen molar-refractivity contribution < 1.29 is 8.78 Å². The average molecular weight is 534 g/mol. The number of imidazole rings is 1. The second-order valence-electron chi connectivity index (χ2n) is 9.64. The molecule has 0 radical (unpaired) electrons. The summed E-state index contributed by atoms with van der Waals surface area (Å²) < 4.78 is 30.3. The maximum atomic E-state index is 14.4. The Bertz CT molecular complexity index is 1300. The van der Waals surface area contributed by atoms with Crippen LogP contribution in [-0.4, -0.2) is 14.4 Å². The van der Waals surface area contributed by atoms with Crippen LogP contribution in [0.3, 0.4) is 0 Å². The van der Waals surface area contributed by atoms with Gasteiger partial charge in [0.15, 0.2) is 5.16 Å². The van der Waals surface area contributed by atoms with Gasteiger partial charge in [-0.05, 0) is 69.2 Å². The molecule has 3 aromatic rings. The van der Waals surface area contributed by atoms with E-state index in [0.29, 0.717) is 21.5 Å². The number of aryl methyl sites for hydroxylation is 1. The minimum Gasteiger partial charge on any atom is -0.291 e. The molecule has 0 fully saturated rings. The van der Waals surface area contributed by atoms with Crippen LogP contribution in [-0.2, 0) is 11.2 Å². The number of benzene rings is 2. The van der Waals surface area contributed by atoms with Gasteiger partial charge < -0.3 is 0 Å². The lowest BCUT2D eigenvalue weighted by molar-refractivity contribution is 0.572. The molecule has 0 saturated heterocycles. The third kappa shape index (κ3) is 5.09. The Balaban J connectivity index is 1.83. The van der Waals surface area contributed by atoms with Crippen molar-refractivity contribution in [2.45, 2.75) is 62.2 Å². The Morgan fingerprint density at radius 2 is 1.80 bits per heavy atom. The minimum atomic E-state index is -0.422. The van der Waals surface area contributed by atoms with Gasteiger partial charge in [-0.3, -0.25) is 4.57 Å². The zero-order valence-corrected chi connectivity index (χ0v) is 22.8. The van der Waals surface area contributed by atoms with Gasteiger partial charge in [0.2, 0.25) is 0 Å². The number of hydrogen-bond donors (Lipinski definition) is 0. The fourth-order valence-corrected chi connectivity index (χ4v) is 5.98. The Kier molecular flexibility index (Phi) is 7.25. The predicted octanol–water partition coefficient (Wildman–Crippen LogP) is 8.96. The van der Waals surface area contributed by atoms with E-state index in [1.807, 2.05) is 18.4 Å². The van der Waals surface area contributed by atoms with Gasteiger partial charge in [-0.25, -0.2) is 13.8 Å². The topological polar surface area (TPSA) is 17.8 Å². The number of allylic oxidation sites excluding steroid dienone is 4. The smallest absolute Gasteiger partial charge is 0.173 e. The van der Waals surface area contributed by atoms with E-state index in [4.69, 9.17) is 28.2 Å². The predicted molar refractivity (Wildman–Crippen MR) is 143 cm³/mol. The van der Waals surface area contributed by atoms with E-state index in [1.165, 1.54) is 30.0 Å². The molecule has 1 heterocycles. The monoisotopic (exact) mass is 532 g/mol. The van der Waals surface area contributed by atoms with Gasteiger partial charge >= 0.3 is 0 Å². The van der Waals surface area contributed by atoms with Gasteiger partial charge in [0.05, 0.1) is 16.3 Å². The summed E-state index contributed by atoms with van der Waals surface area (Å²) in [6, 6.07) is 11.0. The largest absolute Gasteiger partial charge is 0.291 e. The summed E-state index contributed by atoms with van der Waals surface area (Å²) in [5.41, 5.74) is 4.89. The highest BCUT2D eigenvalue weighted by atomic mass is 35.5. The maximum Gasteiger partial charge on any atom is 0.173 e. The number of nitrogens with zero attached hydrogens (tertiary/aromatic N) is 2. The first-order chi connectivity index (χ1) is 16.4. The number of aromatic nitrogens is 2. The molecule has 2 aromatic carbocycles. The number of hydrogen-bond acceptors (Lipinski definition) is 2. The molecule has 7 heteroatoms. The molecule has 35 heavy (non-hydrogen) atoms. The fraction of sp³-hybridized carbons (Fsp3) is 0.321. The Hall–Kier alpha value is -2.08. The lowest BCUT2D eigenvalue weighted by Gasteiger charge is -2.34. The Labute approximate surface area is 220 Å². The second kappa shape index (κ2) is 9.76. The lowest BCUT2D eigenvalue weighted by atomic mass is 9.75. The van der Waals surface area contributed by atoms with Gasteiger partial charge in [0, 0.05) is 27.4 Å². The molecule has 1 aliphatic rings. The van der Waals surface area contributed by atoms with E-state index < -0.39 is 10.3 Å². The molecule has 0 spiro atoms. The molecule has 0 bridgehead atoms. The van der Waals surface area contributed by atoms with Crippen molar-refractivity contribution in [2.24, 2.45) is 0 Å². The standard InChI is InChI=1S/C28H28Cl2F2N2S/c1-17-15-19(13-14-28(17,5)30)27(3,4)25-18(2)33-26(34(25)21-11-9-20(31)10-12-21)35-16-22-23(29)7-6-8-24(22)32/h6-13,15H,14,16H2,1-5H3. The molecule has 184 valence electrons. The molecule has 1 unspecified atom stereocenters. The average Bonchev–Trinajstić information content (AvgIpc) is 3.12. The second-order valence-corrected chi connectivity index (χ2v) is 11.8. The molecule has 1 aromatic heterocycles. The molecule has 0 aliphatic heterocycles. The molecule has 0 amide bonds. The van der Waals surface area contributed by atoms with Crippen molar-refractivity contribution in [3.8, 4) is 5.69 Å². The third-order valence-electron chi connectivity index (χ3n) is 6.73. The van der Waals surface area contributed by atoms with E-state index in [9.17, 15) is 8.78 Å². The molecule has 1 aliphatic carbocycles. The van der Waals surface area contributed by atoms with Crippen LogP contribution in [0.1, 0.15) is 51.1 Å². The summed E-state index contributed by atoms with van der Waals surface area (Å²) >= 11 is 14.3. The first-order valence-electron chi connectivity index (χ1n) is 11.4. The molecular weight excluding hydrogens is 505 g/mol. The molecule has 0 N–H and O–H groups in total. The van der Waals surface area contributed by atoms with Gasteiger partial charge in [-0.1, -0.05) is 61.0 Å². The van der Waals surface area contributed by atoms with E-state index in [0.717, 1.165) is 34.6 Å². The van der Waals surface area contributed by atoms with Crippen molar-refractivity contribution in [3.05, 3.63) is 99.4 Å². The number of alkyl halides is 1. The quantitative estimate of drug-likeness (QED) is 0.233. The summed E-state index contributed by atoms with van der Waals surface area (Å²) in [5.74, 6) is -0.344. The van der Waals surface area contributed by atoms with Crippen molar-refractivity contribution in [1.82, 2.24) is 9.55 Å². The zero-order valence-electron chi connectivity index (χ0n) is 20.4. The maximum absolute atomic E-state index is 14.4. The van der Waals surface area contributed by atoms with Gasteiger partial charge in [-0.2, -0.15) is 0 Å². The van der Waals surface area contributed by atoms with Crippen LogP contribution in [0, 0.1) is 18.6 Å². The summed E-state index contributed by atoms with van der Waals surface area (Å²) in [6.45, 7) is 10.4. The minimum absolute atomic E-state index is 0.311. The SMILES string of the molecule is CC1=CC(C(C)(C)c2c(C)nc(SCc3c(F)cccc3Cl)n2-c2ccc(F)cc2)=CCC1(C)Cl. The van der Waals surface area contributed by atoms with Crippen molar-refractivity contribution >= 4 is 35.0 Å². The third-order valence-corrected chi connectivity index (χ3v) is 8.50. The van der Waals surface area contributed by atoms with Crippen LogP contribution in [0.5, 0.6) is 0 Å². The zero-order chi connectivity index (χ0) is 25.5. The van der Waals surface area contributed by atoms with Gasteiger partial charge in [0.25, 0.3) is 0 Å². The summed E-state index contributed by atoms with van der Waals surface area (Å²) in [4.78, 5) is 4.49. The first kappa shape index (κ1) is 26.0. The number of halogens is 4.